The summed E-state index contributed by atoms with van der Waals surface area (Å²) in [6, 6.07) is 5.74. The Balaban J connectivity index is 2.68. The lowest BCUT2D eigenvalue weighted by molar-refractivity contribution is 0.0953. The summed E-state index contributed by atoms with van der Waals surface area (Å²) in [5.74, 6) is -0.00904. The van der Waals surface area contributed by atoms with Crippen LogP contribution in [0.4, 0.5) is 0 Å². The van der Waals surface area contributed by atoms with Crippen molar-refractivity contribution < 1.29 is 4.79 Å². The van der Waals surface area contributed by atoms with Gasteiger partial charge >= 0.3 is 0 Å². The van der Waals surface area contributed by atoms with Gasteiger partial charge in [0.1, 0.15) is 0 Å². The maximum atomic E-state index is 11.7. The largest absolute Gasteiger partial charge is 0.352 e. The third kappa shape index (κ3) is 4.56. The normalized spacial score (nSPS) is 10.1. The molecule has 15 heavy (non-hydrogen) atoms. The molecule has 0 aromatic heterocycles. The van der Waals surface area contributed by atoms with Gasteiger partial charge in [-0.1, -0.05) is 22.6 Å². The smallest absolute Gasteiger partial charge is 0.252 e. The zero-order chi connectivity index (χ0) is 11.3. The lowest BCUT2D eigenvalue weighted by atomic mass is 10.2. The molecule has 2 nitrogen and oxygen atoms in total. The van der Waals surface area contributed by atoms with Crippen molar-refractivity contribution in [1.29, 1.82) is 0 Å². The summed E-state index contributed by atoms with van der Waals surface area (Å²) in [5.41, 5.74) is 0.704. The molecule has 0 spiro atoms. The molecule has 0 bridgehead atoms. The summed E-state index contributed by atoms with van der Waals surface area (Å²) in [4.78, 5) is 11.7. The molecular weight excluding hydrogens is 484 g/mol. The van der Waals surface area contributed by atoms with Crippen LogP contribution in [0.5, 0.6) is 0 Å². The first kappa shape index (κ1) is 13.7. The van der Waals surface area contributed by atoms with E-state index in [9.17, 15) is 4.79 Å². The fraction of sp³-hybridized carbons (Fsp3) is 0.300. The molecule has 5 heteroatoms. The molecule has 0 atom stereocenters. The first-order chi connectivity index (χ1) is 7.15. The summed E-state index contributed by atoms with van der Waals surface area (Å²) in [7, 11) is 0. The van der Waals surface area contributed by atoms with Crippen molar-refractivity contribution in [3.8, 4) is 0 Å². The number of hydrogen-bond acceptors (Lipinski definition) is 1. The van der Waals surface area contributed by atoms with Crippen LogP contribution in [-0.2, 0) is 0 Å². The Hall–Kier alpha value is 0.630. The Morgan fingerprint density at radius 1 is 1.47 bits per heavy atom. The van der Waals surface area contributed by atoms with E-state index in [2.05, 4.69) is 66.4 Å². The number of carbonyl (C=O) groups is 1. The van der Waals surface area contributed by atoms with Gasteiger partial charge in [0, 0.05) is 19.0 Å². The van der Waals surface area contributed by atoms with Crippen molar-refractivity contribution in [2.75, 3.05) is 11.0 Å². The number of rotatable bonds is 4. The molecule has 0 radical (unpaired) electrons. The summed E-state index contributed by atoms with van der Waals surface area (Å²) in [6.45, 7) is 0.736. The highest BCUT2D eigenvalue weighted by atomic mass is 127. The number of amides is 1. The predicted octanol–water partition coefficient (Wildman–Crippen LogP) is 3.61. The first-order valence-corrected chi connectivity index (χ1v) is 7.84. The number of halogens is 3. The Morgan fingerprint density at radius 3 is 2.87 bits per heavy atom. The molecule has 0 aliphatic rings. The van der Waals surface area contributed by atoms with E-state index in [1.54, 1.807) is 0 Å². The van der Waals surface area contributed by atoms with E-state index in [-0.39, 0.29) is 5.91 Å². The van der Waals surface area contributed by atoms with Crippen molar-refractivity contribution in [2.45, 2.75) is 6.42 Å². The molecule has 1 aromatic rings. The maximum absolute atomic E-state index is 11.7. The Labute approximate surface area is 125 Å². The molecule has 1 aromatic carbocycles. The van der Waals surface area contributed by atoms with Crippen LogP contribution >= 0.6 is 61.1 Å². The van der Waals surface area contributed by atoms with Crippen molar-refractivity contribution in [3.05, 3.63) is 31.8 Å². The molecule has 0 fully saturated rings. The zero-order valence-corrected chi connectivity index (χ0v) is 13.8. The van der Waals surface area contributed by atoms with Gasteiger partial charge in [-0.2, -0.15) is 0 Å². The molecule has 0 saturated carbocycles. The van der Waals surface area contributed by atoms with Crippen molar-refractivity contribution >= 4 is 67.0 Å². The van der Waals surface area contributed by atoms with Gasteiger partial charge in [-0.25, -0.2) is 0 Å². The van der Waals surface area contributed by atoms with E-state index in [0.29, 0.717) is 5.56 Å². The lowest BCUT2D eigenvalue weighted by Gasteiger charge is -2.06. The fourth-order valence-electron chi connectivity index (χ4n) is 1.04. The van der Waals surface area contributed by atoms with Crippen LogP contribution in [0, 0.1) is 3.57 Å². The standard InChI is InChI=1S/C10H10BrI2NO/c11-9-3-2-7(13)6-8(9)10(15)14-5-1-4-12/h2-3,6H,1,4-5H2,(H,14,15). The fourth-order valence-corrected chi connectivity index (χ4v) is 2.33. The summed E-state index contributed by atoms with van der Waals surface area (Å²) < 4.78 is 2.97. The van der Waals surface area contributed by atoms with Crippen LogP contribution < -0.4 is 5.32 Å². The van der Waals surface area contributed by atoms with E-state index in [4.69, 9.17) is 0 Å². The molecule has 0 aliphatic carbocycles. The Morgan fingerprint density at radius 2 is 2.20 bits per heavy atom. The molecule has 0 aliphatic heterocycles. The van der Waals surface area contributed by atoms with Crippen LogP contribution in [0.2, 0.25) is 0 Å². The minimum Gasteiger partial charge on any atom is -0.352 e. The van der Waals surface area contributed by atoms with Gasteiger partial charge in [-0.3, -0.25) is 4.79 Å². The topological polar surface area (TPSA) is 29.1 Å². The number of hydrogen-bond donors (Lipinski definition) is 1. The minimum atomic E-state index is -0.00904. The van der Waals surface area contributed by atoms with E-state index in [1.165, 1.54) is 0 Å². The van der Waals surface area contributed by atoms with E-state index in [0.717, 1.165) is 25.4 Å². The van der Waals surface area contributed by atoms with E-state index in [1.807, 2.05) is 18.2 Å². The van der Waals surface area contributed by atoms with Gasteiger partial charge in [0.15, 0.2) is 0 Å². The molecule has 1 amide bonds. The Bertz CT molecular complexity index is 357. The average Bonchev–Trinajstić information content (AvgIpc) is 2.22. The summed E-state index contributed by atoms with van der Waals surface area (Å²) >= 11 is 7.87. The average molecular weight is 494 g/mol. The highest BCUT2D eigenvalue weighted by Crippen LogP contribution is 2.19. The summed E-state index contributed by atoms with van der Waals surface area (Å²) in [5, 5.41) is 2.89. The number of carbonyl (C=O) groups excluding carboxylic acids is 1. The van der Waals surface area contributed by atoms with Crippen LogP contribution in [0.1, 0.15) is 16.8 Å². The predicted molar refractivity (Wildman–Crippen MR) is 82.7 cm³/mol. The van der Waals surface area contributed by atoms with Gasteiger partial charge in [0.05, 0.1) is 5.56 Å². The molecular formula is C10H10BrI2NO. The second-order valence-electron chi connectivity index (χ2n) is 2.92. The third-order valence-electron chi connectivity index (χ3n) is 1.77. The molecule has 1 N–H and O–H groups in total. The first-order valence-electron chi connectivity index (χ1n) is 4.44. The quantitative estimate of drug-likeness (QED) is 0.387. The second-order valence-corrected chi connectivity index (χ2v) is 6.10. The van der Waals surface area contributed by atoms with Crippen molar-refractivity contribution in [1.82, 2.24) is 5.32 Å². The number of nitrogens with one attached hydrogen (secondary N) is 1. The Kier molecular flexibility index (Phi) is 6.44. The van der Waals surface area contributed by atoms with Crippen LogP contribution in [0.25, 0.3) is 0 Å². The van der Waals surface area contributed by atoms with Gasteiger partial charge in [0.2, 0.25) is 0 Å². The van der Waals surface area contributed by atoms with Crippen molar-refractivity contribution in [2.24, 2.45) is 0 Å². The monoisotopic (exact) mass is 493 g/mol. The van der Waals surface area contributed by atoms with Gasteiger partial charge < -0.3 is 5.32 Å². The lowest BCUT2D eigenvalue weighted by Crippen LogP contribution is -2.25. The highest BCUT2D eigenvalue weighted by Gasteiger charge is 2.09. The van der Waals surface area contributed by atoms with E-state index >= 15 is 0 Å². The summed E-state index contributed by atoms with van der Waals surface area (Å²) in [6.07, 6.45) is 1.01. The van der Waals surface area contributed by atoms with Crippen LogP contribution in [0.15, 0.2) is 22.7 Å². The SMILES string of the molecule is O=C(NCCCI)c1cc(I)ccc1Br. The molecule has 0 heterocycles. The second kappa shape index (κ2) is 7.05. The highest BCUT2D eigenvalue weighted by molar-refractivity contribution is 14.1. The van der Waals surface area contributed by atoms with Gasteiger partial charge in [-0.05, 0) is 63.1 Å². The molecule has 82 valence electrons. The van der Waals surface area contributed by atoms with Gasteiger partial charge in [0.25, 0.3) is 5.91 Å². The minimum absolute atomic E-state index is 0.00904. The number of benzene rings is 1. The number of alkyl halides is 1. The third-order valence-corrected chi connectivity index (χ3v) is 3.89. The van der Waals surface area contributed by atoms with Crippen LogP contribution in [0.3, 0.4) is 0 Å². The molecule has 0 unspecified atom stereocenters. The van der Waals surface area contributed by atoms with Crippen LogP contribution in [-0.4, -0.2) is 16.9 Å². The van der Waals surface area contributed by atoms with Crippen molar-refractivity contribution in [3.63, 3.8) is 0 Å². The zero-order valence-electron chi connectivity index (χ0n) is 7.90. The van der Waals surface area contributed by atoms with E-state index < -0.39 is 0 Å². The molecule has 0 saturated heterocycles. The molecule has 1 rings (SSSR count). The van der Waals surface area contributed by atoms with Gasteiger partial charge in [-0.15, -0.1) is 0 Å². The maximum Gasteiger partial charge on any atom is 0.252 e.